The van der Waals surface area contributed by atoms with Gasteiger partial charge in [0.05, 0.1) is 0 Å². The summed E-state index contributed by atoms with van der Waals surface area (Å²) in [7, 11) is -0.727. The number of rotatable bonds is 4. The smallest absolute Gasteiger partial charge is 0.0417 e. The van der Waals surface area contributed by atoms with E-state index in [2.05, 4.69) is 36.5 Å². The lowest BCUT2D eigenvalue weighted by Crippen LogP contribution is -2.37. The molecule has 0 bridgehead atoms. The van der Waals surface area contributed by atoms with E-state index < -0.39 is 10.8 Å². The number of hydrogen-bond acceptors (Lipinski definition) is 3. The fraction of sp³-hybridized carbons (Fsp3) is 0.538. The van der Waals surface area contributed by atoms with Crippen LogP contribution in [0.4, 0.5) is 0 Å². The molecule has 1 aromatic rings. The first-order valence-corrected chi connectivity index (χ1v) is 8.76. The molecule has 1 aliphatic heterocycles. The van der Waals surface area contributed by atoms with E-state index in [0.29, 0.717) is 12.1 Å². The number of hydrogen-bond donors (Lipinski definition) is 1. The van der Waals surface area contributed by atoms with Gasteiger partial charge in [-0.15, -0.1) is 0 Å². The van der Waals surface area contributed by atoms with Crippen LogP contribution in [0.25, 0.3) is 0 Å². The molecule has 3 unspecified atom stereocenters. The molecule has 0 saturated heterocycles. The van der Waals surface area contributed by atoms with E-state index in [1.54, 1.807) is 6.26 Å². The molecule has 2 rings (SSSR count). The Labute approximate surface area is 110 Å². The molecule has 0 fully saturated rings. The van der Waals surface area contributed by atoms with E-state index in [0.717, 1.165) is 17.3 Å². The molecule has 2 nitrogen and oxygen atoms in total. The minimum atomic E-state index is -0.727. The van der Waals surface area contributed by atoms with E-state index in [1.807, 2.05) is 11.8 Å². The predicted octanol–water partition coefficient (Wildman–Crippen LogP) is 2.33. The highest BCUT2D eigenvalue weighted by atomic mass is 32.2. The van der Waals surface area contributed by atoms with Crippen LogP contribution in [0.1, 0.15) is 24.1 Å². The van der Waals surface area contributed by atoms with Crippen LogP contribution >= 0.6 is 11.8 Å². The van der Waals surface area contributed by atoms with Crippen molar-refractivity contribution in [2.45, 2.75) is 24.8 Å². The summed E-state index contributed by atoms with van der Waals surface area (Å²) < 4.78 is 11.2. The molecule has 0 spiro atoms. The monoisotopic (exact) mass is 269 g/mol. The normalized spacial score (nSPS) is 22.8. The first-order chi connectivity index (χ1) is 8.16. The van der Waals surface area contributed by atoms with Gasteiger partial charge < -0.3 is 5.32 Å². The predicted molar refractivity (Wildman–Crippen MR) is 76.9 cm³/mol. The Morgan fingerprint density at radius 3 is 3.06 bits per heavy atom. The third kappa shape index (κ3) is 3.57. The van der Waals surface area contributed by atoms with Gasteiger partial charge in [0.15, 0.2) is 0 Å². The van der Waals surface area contributed by atoms with Crippen molar-refractivity contribution in [3.8, 4) is 0 Å². The summed E-state index contributed by atoms with van der Waals surface area (Å²) in [6.45, 7) is 2.11. The van der Waals surface area contributed by atoms with Gasteiger partial charge in [0.1, 0.15) is 0 Å². The van der Waals surface area contributed by atoms with Gasteiger partial charge >= 0.3 is 0 Å². The lowest BCUT2D eigenvalue weighted by atomic mass is 10.0. The molecule has 4 heteroatoms. The Morgan fingerprint density at radius 1 is 1.53 bits per heavy atom. The molecule has 94 valence electrons. The Balaban J connectivity index is 2.05. The van der Waals surface area contributed by atoms with Crippen molar-refractivity contribution in [3.63, 3.8) is 0 Å². The zero-order chi connectivity index (χ0) is 12.3. The molecule has 1 aliphatic rings. The Hall–Kier alpha value is -0.320. The molecule has 0 radical (unpaired) electrons. The van der Waals surface area contributed by atoms with Gasteiger partial charge in [0.2, 0.25) is 0 Å². The zero-order valence-electron chi connectivity index (χ0n) is 10.3. The highest BCUT2D eigenvalue weighted by molar-refractivity contribution is 7.98. The number of fused-ring (bicyclic) bond motifs is 1. The molecule has 1 aromatic carbocycles. The maximum absolute atomic E-state index is 11.2. The molecule has 1 heterocycles. The molecule has 17 heavy (non-hydrogen) atoms. The highest BCUT2D eigenvalue weighted by Gasteiger charge is 2.21. The SMILES string of the molecule is CC(CS(C)=O)NC1CSCc2ccccc21. The number of nitrogens with one attached hydrogen (secondary N) is 1. The lowest BCUT2D eigenvalue weighted by Gasteiger charge is -2.28. The van der Waals surface area contributed by atoms with E-state index in [4.69, 9.17) is 0 Å². The van der Waals surface area contributed by atoms with Gasteiger partial charge in [-0.05, 0) is 18.1 Å². The van der Waals surface area contributed by atoms with Crippen molar-refractivity contribution in [3.05, 3.63) is 35.4 Å². The average Bonchev–Trinajstić information content (AvgIpc) is 2.28. The maximum Gasteiger partial charge on any atom is 0.0417 e. The maximum atomic E-state index is 11.2. The minimum Gasteiger partial charge on any atom is -0.306 e. The molecule has 1 N–H and O–H groups in total. The van der Waals surface area contributed by atoms with Crippen LogP contribution in [-0.4, -0.2) is 28.0 Å². The Morgan fingerprint density at radius 2 is 2.29 bits per heavy atom. The molecular formula is C13H19NOS2. The van der Waals surface area contributed by atoms with Crippen LogP contribution < -0.4 is 5.32 Å². The number of thioether (sulfide) groups is 1. The third-order valence-electron chi connectivity index (χ3n) is 2.94. The van der Waals surface area contributed by atoms with Crippen LogP contribution in [0.2, 0.25) is 0 Å². The molecular weight excluding hydrogens is 250 g/mol. The largest absolute Gasteiger partial charge is 0.306 e. The Kier molecular flexibility index (Phi) is 4.65. The van der Waals surface area contributed by atoms with Crippen LogP contribution in [0.3, 0.4) is 0 Å². The van der Waals surface area contributed by atoms with Gasteiger partial charge in [-0.3, -0.25) is 4.21 Å². The van der Waals surface area contributed by atoms with Gasteiger partial charge in [-0.25, -0.2) is 0 Å². The Bertz CT molecular complexity index is 408. The van der Waals surface area contributed by atoms with Gasteiger partial charge in [0, 0.05) is 46.4 Å². The summed E-state index contributed by atoms with van der Waals surface area (Å²) in [4.78, 5) is 0. The number of benzene rings is 1. The van der Waals surface area contributed by atoms with Crippen molar-refractivity contribution in [1.29, 1.82) is 0 Å². The van der Waals surface area contributed by atoms with Crippen molar-refractivity contribution in [1.82, 2.24) is 5.32 Å². The second-order valence-electron chi connectivity index (χ2n) is 4.57. The lowest BCUT2D eigenvalue weighted by molar-refractivity contribution is 0.509. The van der Waals surface area contributed by atoms with E-state index in [9.17, 15) is 4.21 Å². The zero-order valence-corrected chi connectivity index (χ0v) is 11.9. The molecule has 0 amide bonds. The summed E-state index contributed by atoms with van der Waals surface area (Å²) in [5.41, 5.74) is 2.85. The van der Waals surface area contributed by atoms with Crippen molar-refractivity contribution >= 4 is 22.6 Å². The standard InChI is InChI=1S/C13H19NOS2/c1-10(9-17(2)15)14-13-8-16-7-11-5-3-4-6-12(11)13/h3-6,10,13-14H,7-9H2,1-2H3. The summed E-state index contributed by atoms with van der Waals surface area (Å²) >= 11 is 1.97. The van der Waals surface area contributed by atoms with E-state index >= 15 is 0 Å². The summed E-state index contributed by atoms with van der Waals surface area (Å²) in [5.74, 6) is 2.95. The molecule has 3 atom stereocenters. The summed E-state index contributed by atoms with van der Waals surface area (Å²) in [6.07, 6.45) is 1.77. The molecule has 0 aromatic heterocycles. The quantitative estimate of drug-likeness (QED) is 0.909. The second-order valence-corrected chi connectivity index (χ2v) is 7.08. The van der Waals surface area contributed by atoms with Crippen LogP contribution in [0.5, 0.6) is 0 Å². The van der Waals surface area contributed by atoms with Crippen molar-refractivity contribution in [2.24, 2.45) is 0 Å². The van der Waals surface area contributed by atoms with Crippen molar-refractivity contribution < 1.29 is 4.21 Å². The first kappa shape index (κ1) is 13.1. The van der Waals surface area contributed by atoms with E-state index in [-0.39, 0.29) is 0 Å². The molecule has 0 aliphatic carbocycles. The van der Waals surface area contributed by atoms with Crippen LogP contribution in [0, 0.1) is 0 Å². The third-order valence-corrected chi connectivity index (χ3v) is 5.00. The molecule has 0 saturated carbocycles. The van der Waals surface area contributed by atoms with Gasteiger partial charge in [-0.1, -0.05) is 24.3 Å². The highest BCUT2D eigenvalue weighted by Crippen LogP contribution is 2.31. The van der Waals surface area contributed by atoms with E-state index in [1.165, 1.54) is 11.1 Å². The van der Waals surface area contributed by atoms with Gasteiger partial charge in [0.25, 0.3) is 0 Å². The van der Waals surface area contributed by atoms with Crippen molar-refractivity contribution in [2.75, 3.05) is 17.8 Å². The minimum absolute atomic E-state index is 0.303. The average molecular weight is 269 g/mol. The first-order valence-electron chi connectivity index (χ1n) is 5.88. The summed E-state index contributed by atoms with van der Waals surface area (Å²) in [5, 5.41) is 3.59. The fourth-order valence-corrected chi connectivity index (χ4v) is 4.18. The topological polar surface area (TPSA) is 29.1 Å². The van der Waals surface area contributed by atoms with Crippen LogP contribution in [0.15, 0.2) is 24.3 Å². The second kappa shape index (κ2) is 6.03. The van der Waals surface area contributed by atoms with Gasteiger partial charge in [-0.2, -0.15) is 11.8 Å². The summed E-state index contributed by atoms with van der Waals surface area (Å²) in [6, 6.07) is 9.33. The fourth-order valence-electron chi connectivity index (χ4n) is 2.26. The van der Waals surface area contributed by atoms with Crippen LogP contribution in [-0.2, 0) is 16.6 Å².